The third kappa shape index (κ3) is 5.09. The number of ether oxygens (including phenoxy) is 2. The van der Waals surface area contributed by atoms with Gasteiger partial charge in [0, 0.05) is 18.5 Å². The number of rotatable bonds is 6. The van der Waals surface area contributed by atoms with Gasteiger partial charge in [0.2, 0.25) is 15.9 Å². The van der Waals surface area contributed by atoms with Gasteiger partial charge < -0.3 is 14.8 Å². The minimum Gasteiger partial charge on any atom is -0.490 e. The van der Waals surface area contributed by atoms with Crippen molar-refractivity contribution in [3.8, 4) is 11.5 Å². The summed E-state index contributed by atoms with van der Waals surface area (Å²) in [6, 6.07) is 3.53. The molecule has 1 aliphatic rings. The van der Waals surface area contributed by atoms with Crippen LogP contribution in [0.15, 0.2) is 23.1 Å². The molecule has 0 fully saturated rings. The van der Waals surface area contributed by atoms with E-state index in [0.29, 0.717) is 24.7 Å². The lowest BCUT2D eigenvalue weighted by Crippen LogP contribution is -2.51. The smallest absolute Gasteiger partial charge is 0.241 e. The van der Waals surface area contributed by atoms with Gasteiger partial charge in [0.05, 0.1) is 18.1 Å². The standard InChI is InChI=1S/C17H26N2O5S/c1-11(2)16(17(20)18-12(3)4)19-25(21,22)13-6-7-14-15(10-13)24-9-5-8-23-14/h6-7,10-12,16,19H,5,8-9H2,1-4H3,(H,18,20)/t16-/m0/s1. The van der Waals surface area contributed by atoms with Gasteiger partial charge >= 0.3 is 0 Å². The monoisotopic (exact) mass is 370 g/mol. The Hall–Kier alpha value is -1.80. The first-order valence-electron chi connectivity index (χ1n) is 8.43. The van der Waals surface area contributed by atoms with Crippen LogP contribution in [0.3, 0.4) is 0 Å². The van der Waals surface area contributed by atoms with Gasteiger partial charge in [0.15, 0.2) is 11.5 Å². The lowest BCUT2D eigenvalue weighted by atomic mass is 10.0. The van der Waals surface area contributed by atoms with Crippen LogP contribution >= 0.6 is 0 Å². The van der Waals surface area contributed by atoms with Crippen LogP contribution in [0.2, 0.25) is 0 Å². The number of amides is 1. The largest absolute Gasteiger partial charge is 0.490 e. The molecule has 1 amide bonds. The van der Waals surface area contributed by atoms with Crippen molar-refractivity contribution in [3.05, 3.63) is 18.2 Å². The first kappa shape index (κ1) is 19.5. The molecule has 0 unspecified atom stereocenters. The molecule has 0 aliphatic carbocycles. The average molecular weight is 370 g/mol. The van der Waals surface area contributed by atoms with Crippen molar-refractivity contribution in [2.75, 3.05) is 13.2 Å². The average Bonchev–Trinajstić information content (AvgIpc) is 2.76. The molecule has 2 N–H and O–H groups in total. The van der Waals surface area contributed by atoms with E-state index in [1.165, 1.54) is 12.1 Å². The Kier molecular flexibility index (Phi) is 6.29. The summed E-state index contributed by atoms with van der Waals surface area (Å²) in [5.74, 6) is 0.374. The number of sulfonamides is 1. The molecule has 0 spiro atoms. The van der Waals surface area contributed by atoms with Crippen LogP contribution in [0, 0.1) is 5.92 Å². The predicted molar refractivity (Wildman–Crippen MR) is 94.3 cm³/mol. The van der Waals surface area contributed by atoms with Gasteiger partial charge in [0.25, 0.3) is 0 Å². The van der Waals surface area contributed by atoms with Crippen LogP contribution in [0.5, 0.6) is 11.5 Å². The molecule has 8 heteroatoms. The number of carbonyl (C=O) groups excluding carboxylic acids is 1. The highest BCUT2D eigenvalue weighted by Crippen LogP contribution is 2.32. The third-order valence-electron chi connectivity index (χ3n) is 3.69. The molecule has 140 valence electrons. The van der Waals surface area contributed by atoms with E-state index in [9.17, 15) is 13.2 Å². The van der Waals surface area contributed by atoms with Gasteiger partial charge in [0.1, 0.15) is 6.04 Å². The van der Waals surface area contributed by atoms with E-state index in [2.05, 4.69) is 10.0 Å². The Morgan fingerprint density at radius 3 is 2.32 bits per heavy atom. The zero-order valence-corrected chi connectivity index (χ0v) is 15.9. The molecule has 0 bridgehead atoms. The van der Waals surface area contributed by atoms with E-state index in [0.717, 1.165) is 6.42 Å². The SMILES string of the molecule is CC(C)NC(=O)[C@@H](NS(=O)(=O)c1ccc2c(c1)OCCCO2)C(C)C. The first-order chi connectivity index (χ1) is 11.7. The maximum atomic E-state index is 12.7. The highest BCUT2D eigenvalue weighted by molar-refractivity contribution is 7.89. The van der Waals surface area contributed by atoms with Crippen LogP contribution in [0.1, 0.15) is 34.1 Å². The van der Waals surface area contributed by atoms with Crippen molar-refractivity contribution in [3.63, 3.8) is 0 Å². The van der Waals surface area contributed by atoms with Crippen molar-refractivity contribution in [1.29, 1.82) is 0 Å². The summed E-state index contributed by atoms with van der Waals surface area (Å²) in [4.78, 5) is 12.3. The Morgan fingerprint density at radius 1 is 1.08 bits per heavy atom. The minimum atomic E-state index is -3.88. The van der Waals surface area contributed by atoms with Crippen LogP contribution in [0.4, 0.5) is 0 Å². The zero-order chi connectivity index (χ0) is 18.6. The molecule has 1 aromatic carbocycles. The summed E-state index contributed by atoms with van der Waals surface area (Å²) in [6.07, 6.45) is 0.736. The molecule has 7 nitrogen and oxygen atoms in total. The van der Waals surface area contributed by atoms with Gasteiger partial charge in [-0.25, -0.2) is 8.42 Å². The van der Waals surface area contributed by atoms with Crippen molar-refractivity contribution >= 4 is 15.9 Å². The molecule has 0 saturated heterocycles. The maximum Gasteiger partial charge on any atom is 0.241 e. The van der Waals surface area contributed by atoms with E-state index >= 15 is 0 Å². The number of hydrogen-bond donors (Lipinski definition) is 2. The summed E-state index contributed by atoms with van der Waals surface area (Å²) in [5.41, 5.74) is 0. The lowest BCUT2D eigenvalue weighted by molar-refractivity contribution is -0.124. The fraction of sp³-hybridized carbons (Fsp3) is 0.588. The maximum absolute atomic E-state index is 12.7. The summed E-state index contributed by atoms with van der Waals surface area (Å²) in [6.45, 7) is 8.24. The summed E-state index contributed by atoms with van der Waals surface area (Å²) in [5, 5.41) is 2.75. The van der Waals surface area contributed by atoms with Crippen LogP contribution < -0.4 is 19.5 Å². The second-order valence-electron chi connectivity index (χ2n) is 6.67. The van der Waals surface area contributed by atoms with E-state index in [4.69, 9.17) is 9.47 Å². The zero-order valence-electron chi connectivity index (χ0n) is 15.0. The Bertz CT molecular complexity index is 716. The topological polar surface area (TPSA) is 93.7 Å². The number of carbonyl (C=O) groups is 1. The van der Waals surface area contributed by atoms with E-state index in [-0.39, 0.29) is 22.8 Å². The number of benzene rings is 1. The highest BCUT2D eigenvalue weighted by atomic mass is 32.2. The lowest BCUT2D eigenvalue weighted by Gasteiger charge is -2.23. The van der Waals surface area contributed by atoms with Crippen molar-refractivity contribution in [1.82, 2.24) is 10.0 Å². The molecule has 1 heterocycles. The quantitative estimate of drug-likeness (QED) is 0.795. The van der Waals surface area contributed by atoms with E-state index in [1.54, 1.807) is 19.9 Å². The molecule has 1 aromatic rings. The second kappa shape index (κ2) is 8.05. The molecule has 1 atom stereocenters. The minimum absolute atomic E-state index is 0.0414. The number of fused-ring (bicyclic) bond motifs is 1. The third-order valence-corrected chi connectivity index (χ3v) is 5.13. The second-order valence-corrected chi connectivity index (χ2v) is 8.38. The summed E-state index contributed by atoms with van der Waals surface area (Å²) in [7, 11) is -3.88. The normalized spacial score (nSPS) is 15.8. The molecule has 0 aromatic heterocycles. The van der Waals surface area contributed by atoms with Crippen LogP contribution in [0.25, 0.3) is 0 Å². The summed E-state index contributed by atoms with van der Waals surface area (Å²) < 4.78 is 39.0. The Balaban J connectivity index is 2.25. The van der Waals surface area contributed by atoms with Gasteiger partial charge in [-0.15, -0.1) is 0 Å². The molecule has 1 aliphatic heterocycles. The molecular formula is C17H26N2O5S. The molecule has 0 saturated carbocycles. The van der Waals surface area contributed by atoms with Crippen molar-refractivity contribution in [2.24, 2.45) is 5.92 Å². The van der Waals surface area contributed by atoms with Gasteiger partial charge in [-0.05, 0) is 31.9 Å². The van der Waals surface area contributed by atoms with Gasteiger partial charge in [-0.3, -0.25) is 4.79 Å². The van der Waals surface area contributed by atoms with Crippen molar-refractivity contribution in [2.45, 2.75) is 51.1 Å². The molecular weight excluding hydrogens is 344 g/mol. The molecule has 2 rings (SSSR count). The highest BCUT2D eigenvalue weighted by Gasteiger charge is 2.29. The van der Waals surface area contributed by atoms with Crippen LogP contribution in [-0.4, -0.2) is 39.6 Å². The number of nitrogens with one attached hydrogen (secondary N) is 2. The number of hydrogen-bond acceptors (Lipinski definition) is 5. The van der Waals surface area contributed by atoms with Gasteiger partial charge in [-0.2, -0.15) is 4.72 Å². The van der Waals surface area contributed by atoms with E-state index in [1.807, 2.05) is 13.8 Å². The molecule has 0 radical (unpaired) electrons. The van der Waals surface area contributed by atoms with E-state index < -0.39 is 16.1 Å². The predicted octanol–water partition coefficient (Wildman–Crippen LogP) is 1.68. The fourth-order valence-electron chi connectivity index (χ4n) is 2.41. The van der Waals surface area contributed by atoms with Crippen LogP contribution in [-0.2, 0) is 14.8 Å². The van der Waals surface area contributed by atoms with Crippen molar-refractivity contribution < 1.29 is 22.7 Å². The fourth-order valence-corrected chi connectivity index (χ4v) is 3.77. The Labute approximate surface area is 149 Å². The summed E-state index contributed by atoms with van der Waals surface area (Å²) >= 11 is 0. The Morgan fingerprint density at radius 2 is 1.72 bits per heavy atom. The molecule has 25 heavy (non-hydrogen) atoms. The first-order valence-corrected chi connectivity index (χ1v) is 9.91. The van der Waals surface area contributed by atoms with Gasteiger partial charge in [-0.1, -0.05) is 13.8 Å².